The minimum absolute atomic E-state index is 0.0336. The maximum atomic E-state index is 13.5. The minimum atomic E-state index is -0.0336. The van der Waals surface area contributed by atoms with Crippen LogP contribution in [0.15, 0.2) is 24.3 Å². The molecular formula is C11H12FN. The van der Waals surface area contributed by atoms with Gasteiger partial charge >= 0.3 is 0 Å². The fourth-order valence-electron chi connectivity index (χ4n) is 2.62. The van der Waals surface area contributed by atoms with Crippen molar-refractivity contribution in [3.8, 4) is 0 Å². The Morgan fingerprint density at radius 1 is 1.38 bits per heavy atom. The van der Waals surface area contributed by atoms with Crippen LogP contribution in [0.3, 0.4) is 0 Å². The zero-order valence-corrected chi connectivity index (χ0v) is 7.39. The molecule has 2 fully saturated rings. The van der Waals surface area contributed by atoms with Crippen molar-refractivity contribution in [1.82, 2.24) is 5.32 Å². The van der Waals surface area contributed by atoms with Crippen LogP contribution in [0.25, 0.3) is 0 Å². The predicted molar refractivity (Wildman–Crippen MR) is 49.1 cm³/mol. The van der Waals surface area contributed by atoms with Gasteiger partial charge in [0.05, 0.1) is 0 Å². The van der Waals surface area contributed by atoms with Gasteiger partial charge < -0.3 is 5.32 Å². The molecule has 1 aromatic carbocycles. The molecule has 2 aliphatic rings. The molecule has 68 valence electrons. The first-order valence-electron chi connectivity index (χ1n) is 4.79. The number of piperidine rings is 1. The molecule has 2 unspecified atom stereocenters. The Balaban J connectivity index is 2.06. The summed E-state index contributed by atoms with van der Waals surface area (Å²) in [6.07, 6.45) is 1.17. The number of rotatable bonds is 1. The molecule has 2 heteroatoms. The second kappa shape index (κ2) is 2.32. The maximum absolute atomic E-state index is 13.5. The van der Waals surface area contributed by atoms with Crippen LogP contribution in [-0.4, -0.2) is 13.1 Å². The Labute approximate surface area is 77.0 Å². The molecule has 0 spiro atoms. The lowest BCUT2D eigenvalue weighted by Crippen LogP contribution is -2.20. The molecule has 1 saturated carbocycles. The highest BCUT2D eigenvalue weighted by Gasteiger charge is 2.58. The van der Waals surface area contributed by atoms with E-state index in [1.165, 1.54) is 6.42 Å². The van der Waals surface area contributed by atoms with Gasteiger partial charge in [-0.2, -0.15) is 0 Å². The normalized spacial score (nSPS) is 35.9. The molecule has 2 atom stereocenters. The van der Waals surface area contributed by atoms with Crippen LogP contribution in [0, 0.1) is 11.7 Å². The van der Waals surface area contributed by atoms with Gasteiger partial charge in [-0.05, 0) is 30.5 Å². The van der Waals surface area contributed by atoms with Crippen molar-refractivity contribution in [2.45, 2.75) is 11.8 Å². The molecule has 1 nitrogen and oxygen atoms in total. The third-order valence-electron chi connectivity index (χ3n) is 3.47. The lowest BCUT2D eigenvalue weighted by molar-refractivity contribution is 0.569. The van der Waals surface area contributed by atoms with E-state index < -0.39 is 0 Å². The number of benzene rings is 1. The Kier molecular flexibility index (Phi) is 1.34. The van der Waals surface area contributed by atoms with Crippen LogP contribution in [-0.2, 0) is 5.41 Å². The summed E-state index contributed by atoms with van der Waals surface area (Å²) in [6.45, 7) is 2.02. The molecule has 1 saturated heterocycles. The lowest BCUT2D eigenvalue weighted by atomic mass is 9.95. The summed E-state index contributed by atoms with van der Waals surface area (Å²) >= 11 is 0. The number of hydrogen-bond acceptors (Lipinski definition) is 1. The highest BCUT2D eigenvalue weighted by Crippen LogP contribution is 2.56. The number of hydrogen-bond donors (Lipinski definition) is 1. The summed E-state index contributed by atoms with van der Waals surface area (Å²) in [5, 5.41) is 3.32. The van der Waals surface area contributed by atoms with E-state index in [1.54, 1.807) is 12.1 Å². The van der Waals surface area contributed by atoms with Crippen molar-refractivity contribution in [2.24, 2.45) is 5.92 Å². The average Bonchev–Trinajstić information content (AvgIpc) is 2.70. The average molecular weight is 177 g/mol. The van der Waals surface area contributed by atoms with E-state index in [9.17, 15) is 4.39 Å². The first-order chi connectivity index (χ1) is 6.33. The SMILES string of the molecule is Fc1ccccc1C12CNCC1C2. The van der Waals surface area contributed by atoms with Crippen molar-refractivity contribution in [2.75, 3.05) is 13.1 Å². The van der Waals surface area contributed by atoms with Gasteiger partial charge in [-0.25, -0.2) is 4.39 Å². The van der Waals surface area contributed by atoms with E-state index in [4.69, 9.17) is 0 Å². The van der Waals surface area contributed by atoms with E-state index in [0.29, 0.717) is 5.92 Å². The van der Waals surface area contributed by atoms with Gasteiger partial charge in [-0.1, -0.05) is 18.2 Å². The number of halogens is 1. The highest BCUT2D eigenvalue weighted by atomic mass is 19.1. The van der Waals surface area contributed by atoms with Crippen LogP contribution in [0.4, 0.5) is 4.39 Å². The highest BCUT2D eigenvalue weighted by molar-refractivity contribution is 5.37. The lowest BCUT2D eigenvalue weighted by Gasteiger charge is -2.12. The zero-order chi connectivity index (χ0) is 8.89. The Hall–Kier alpha value is -0.890. The predicted octanol–water partition coefficient (Wildman–Crippen LogP) is 1.69. The van der Waals surface area contributed by atoms with Gasteiger partial charge in [0.15, 0.2) is 0 Å². The summed E-state index contributed by atoms with van der Waals surface area (Å²) in [4.78, 5) is 0. The molecular weight excluding hydrogens is 165 g/mol. The van der Waals surface area contributed by atoms with Gasteiger partial charge in [0.2, 0.25) is 0 Å². The molecule has 0 radical (unpaired) electrons. The van der Waals surface area contributed by atoms with Crippen LogP contribution in [0.1, 0.15) is 12.0 Å². The van der Waals surface area contributed by atoms with Gasteiger partial charge in [-0.15, -0.1) is 0 Å². The zero-order valence-electron chi connectivity index (χ0n) is 7.39. The summed E-state index contributed by atoms with van der Waals surface area (Å²) in [7, 11) is 0. The van der Waals surface area contributed by atoms with E-state index in [-0.39, 0.29) is 11.2 Å². The van der Waals surface area contributed by atoms with Crippen LogP contribution >= 0.6 is 0 Å². The third-order valence-corrected chi connectivity index (χ3v) is 3.47. The summed E-state index contributed by atoms with van der Waals surface area (Å²) in [5.41, 5.74) is 1.08. The minimum Gasteiger partial charge on any atom is -0.316 e. The third kappa shape index (κ3) is 0.894. The Morgan fingerprint density at radius 3 is 2.85 bits per heavy atom. The van der Waals surface area contributed by atoms with Gasteiger partial charge in [-0.3, -0.25) is 0 Å². The summed E-state index contributed by atoms with van der Waals surface area (Å²) in [6, 6.07) is 7.19. The smallest absolute Gasteiger partial charge is 0.127 e. The van der Waals surface area contributed by atoms with Crippen LogP contribution < -0.4 is 5.32 Å². The van der Waals surface area contributed by atoms with Crippen LogP contribution in [0.2, 0.25) is 0 Å². The quantitative estimate of drug-likeness (QED) is 0.688. The number of fused-ring (bicyclic) bond motifs is 1. The standard InChI is InChI=1S/C11H12FN/c12-10-4-2-1-3-9(10)11-5-8(11)6-13-7-11/h1-4,8,13H,5-7H2. The van der Waals surface area contributed by atoms with E-state index in [2.05, 4.69) is 5.32 Å². The molecule has 1 aliphatic carbocycles. The van der Waals surface area contributed by atoms with Crippen molar-refractivity contribution in [3.63, 3.8) is 0 Å². The maximum Gasteiger partial charge on any atom is 0.127 e. The number of nitrogens with one attached hydrogen (secondary N) is 1. The fraction of sp³-hybridized carbons (Fsp3) is 0.455. The monoisotopic (exact) mass is 177 g/mol. The molecule has 0 bridgehead atoms. The van der Waals surface area contributed by atoms with E-state index in [0.717, 1.165) is 18.7 Å². The van der Waals surface area contributed by atoms with Crippen molar-refractivity contribution < 1.29 is 4.39 Å². The largest absolute Gasteiger partial charge is 0.316 e. The topological polar surface area (TPSA) is 12.0 Å². The molecule has 13 heavy (non-hydrogen) atoms. The summed E-state index contributed by atoms with van der Waals surface area (Å²) in [5.74, 6) is 0.651. The first-order valence-corrected chi connectivity index (χ1v) is 4.79. The molecule has 1 aliphatic heterocycles. The second-order valence-corrected chi connectivity index (χ2v) is 4.17. The second-order valence-electron chi connectivity index (χ2n) is 4.17. The van der Waals surface area contributed by atoms with Crippen LogP contribution in [0.5, 0.6) is 0 Å². The summed E-state index contributed by atoms with van der Waals surface area (Å²) < 4.78 is 13.5. The van der Waals surface area contributed by atoms with Gasteiger partial charge in [0.1, 0.15) is 5.82 Å². The van der Waals surface area contributed by atoms with Crippen molar-refractivity contribution >= 4 is 0 Å². The van der Waals surface area contributed by atoms with E-state index >= 15 is 0 Å². The van der Waals surface area contributed by atoms with E-state index in [1.807, 2.05) is 12.1 Å². The Morgan fingerprint density at radius 2 is 2.23 bits per heavy atom. The van der Waals surface area contributed by atoms with Gasteiger partial charge in [0.25, 0.3) is 0 Å². The molecule has 0 amide bonds. The van der Waals surface area contributed by atoms with Gasteiger partial charge in [0, 0.05) is 12.0 Å². The fourth-order valence-corrected chi connectivity index (χ4v) is 2.62. The molecule has 1 heterocycles. The van der Waals surface area contributed by atoms with Crippen molar-refractivity contribution in [1.29, 1.82) is 0 Å². The first kappa shape index (κ1) is 7.51. The van der Waals surface area contributed by atoms with Crippen molar-refractivity contribution in [3.05, 3.63) is 35.6 Å². The Bertz CT molecular complexity index is 350. The molecule has 0 aromatic heterocycles. The molecule has 1 N–H and O–H groups in total. The molecule has 1 aromatic rings. The molecule has 3 rings (SSSR count).